The molecule has 0 saturated carbocycles. The minimum atomic E-state index is -0.710. The molecule has 0 atom stereocenters. The Hall–Kier alpha value is -3.06. The van der Waals surface area contributed by atoms with E-state index in [1.807, 2.05) is 12.1 Å². The van der Waals surface area contributed by atoms with Gasteiger partial charge < -0.3 is 4.74 Å². The monoisotopic (exact) mass is 338 g/mol. The van der Waals surface area contributed by atoms with Gasteiger partial charge in [0.25, 0.3) is 17.0 Å². The molecule has 118 valence electrons. The number of aromatic nitrogens is 1. The van der Waals surface area contributed by atoms with Crippen molar-refractivity contribution in [1.29, 1.82) is 0 Å². The van der Waals surface area contributed by atoms with Crippen LogP contribution in [0.1, 0.15) is 20.7 Å². The molecule has 7 heteroatoms. The topological polar surface area (TPSA) is 76.6 Å². The van der Waals surface area contributed by atoms with Gasteiger partial charge in [-0.3, -0.25) is 14.5 Å². The van der Waals surface area contributed by atoms with Gasteiger partial charge in [-0.2, -0.15) is 0 Å². The van der Waals surface area contributed by atoms with Crippen LogP contribution in [0.15, 0.2) is 48.0 Å². The van der Waals surface area contributed by atoms with Crippen molar-refractivity contribution in [2.24, 2.45) is 0 Å². The Labute approximate surface area is 140 Å². The first kappa shape index (κ1) is 14.5. The lowest BCUT2D eigenvalue weighted by molar-refractivity contribution is -0.134. The lowest BCUT2D eigenvalue weighted by Crippen LogP contribution is -2.44. The summed E-state index contributed by atoms with van der Waals surface area (Å²) in [7, 11) is 0. The molecule has 0 bridgehead atoms. The molecule has 0 aliphatic carbocycles. The molecule has 2 amide bonds. The fourth-order valence-corrected chi connectivity index (χ4v) is 3.24. The zero-order chi connectivity index (χ0) is 16.7. The van der Waals surface area contributed by atoms with Gasteiger partial charge >= 0.3 is 5.97 Å². The maximum absolute atomic E-state index is 12.6. The number of nitrogens with zero attached hydrogens (tertiary/aromatic N) is 2. The standard InChI is InChI=1S/C17H10N2O4S/c20-13(23-17-18-7-8-24-17)9-19-15(21)11-5-1-3-10-4-2-6-12(14(10)11)16(19)22/h1-8H,9H2. The van der Waals surface area contributed by atoms with Crippen molar-refractivity contribution in [2.45, 2.75) is 0 Å². The highest BCUT2D eigenvalue weighted by Gasteiger charge is 2.34. The second kappa shape index (κ2) is 5.54. The van der Waals surface area contributed by atoms with Gasteiger partial charge in [-0.1, -0.05) is 35.6 Å². The summed E-state index contributed by atoms with van der Waals surface area (Å²) in [6.45, 7) is -0.456. The van der Waals surface area contributed by atoms with Crippen LogP contribution in [0.3, 0.4) is 0 Å². The summed E-state index contributed by atoms with van der Waals surface area (Å²) in [6.07, 6.45) is 1.50. The molecule has 3 aromatic rings. The average Bonchev–Trinajstić information content (AvgIpc) is 3.09. The minimum Gasteiger partial charge on any atom is -0.396 e. The predicted molar refractivity (Wildman–Crippen MR) is 87.1 cm³/mol. The number of hydrogen-bond donors (Lipinski definition) is 0. The number of carbonyl (C=O) groups excluding carboxylic acids is 3. The van der Waals surface area contributed by atoms with Gasteiger partial charge in [-0.25, -0.2) is 9.78 Å². The van der Waals surface area contributed by atoms with Crippen LogP contribution < -0.4 is 4.74 Å². The van der Waals surface area contributed by atoms with Gasteiger partial charge in [0, 0.05) is 28.1 Å². The molecule has 0 saturated heterocycles. The lowest BCUT2D eigenvalue weighted by atomic mass is 9.94. The minimum absolute atomic E-state index is 0.180. The SMILES string of the molecule is O=C(CN1C(=O)c2cccc3cccc(c23)C1=O)Oc1nccs1. The zero-order valence-corrected chi connectivity index (χ0v) is 13.1. The summed E-state index contributed by atoms with van der Waals surface area (Å²) in [6, 6.07) is 10.5. The Morgan fingerprint density at radius 2 is 1.75 bits per heavy atom. The molecule has 0 fully saturated rings. The van der Waals surface area contributed by atoms with Crippen molar-refractivity contribution in [2.75, 3.05) is 6.54 Å². The molecule has 1 aromatic heterocycles. The molecular formula is C17H10N2O4S. The number of esters is 1. The average molecular weight is 338 g/mol. The van der Waals surface area contributed by atoms with Crippen molar-refractivity contribution >= 4 is 39.9 Å². The van der Waals surface area contributed by atoms with Crippen LogP contribution in [0.2, 0.25) is 0 Å². The number of rotatable bonds is 3. The maximum atomic E-state index is 12.6. The molecule has 24 heavy (non-hydrogen) atoms. The summed E-state index contributed by atoms with van der Waals surface area (Å²) in [5, 5.41) is 3.28. The molecule has 0 N–H and O–H groups in total. The highest BCUT2D eigenvalue weighted by Crippen LogP contribution is 2.29. The predicted octanol–water partition coefficient (Wildman–Crippen LogP) is 2.50. The summed E-state index contributed by atoms with van der Waals surface area (Å²) >= 11 is 1.16. The van der Waals surface area contributed by atoms with Gasteiger partial charge in [0.2, 0.25) is 0 Å². The number of hydrogen-bond acceptors (Lipinski definition) is 6. The third-order valence-corrected chi connectivity index (χ3v) is 4.40. The molecule has 0 radical (unpaired) electrons. The molecule has 2 heterocycles. The van der Waals surface area contributed by atoms with E-state index in [1.165, 1.54) is 6.20 Å². The molecule has 4 rings (SSSR count). The quantitative estimate of drug-likeness (QED) is 0.542. The normalized spacial score (nSPS) is 13.4. The van der Waals surface area contributed by atoms with Crippen molar-refractivity contribution in [3.05, 3.63) is 59.1 Å². The Morgan fingerprint density at radius 3 is 2.33 bits per heavy atom. The van der Waals surface area contributed by atoms with E-state index in [9.17, 15) is 14.4 Å². The first-order chi connectivity index (χ1) is 11.6. The smallest absolute Gasteiger partial charge is 0.333 e. The first-order valence-electron chi connectivity index (χ1n) is 7.13. The van der Waals surface area contributed by atoms with Crippen LogP contribution >= 0.6 is 11.3 Å². The second-order valence-electron chi connectivity index (χ2n) is 5.18. The van der Waals surface area contributed by atoms with Crippen LogP contribution in [0.25, 0.3) is 10.8 Å². The Morgan fingerprint density at radius 1 is 1.08 bits per heavy atom. The number of ether oxygens (including phenoxy) is 1. The highest BCUT2D eigenvalue weighted by molar-refractivity contribution is 7.11. The van der Waals surface area contributed by atoms with Gasteiger partial charge in [0.05, 0.1) is 0 Å². The van der Waals surface area contributed by atoms with Gasteiger partial charge in [-0.15, -0.1) is 0 Å². The van der Waals surface area contributed by atoms with Gasteiger partial charge in [0.1, 0.15) is 6.54 Å². The van der Waals surface area contributed by atoms with Crippen molar-refractivity contribution in [1.82, 2.24) is 9.88 Å². The Balaban J connectivity index is 1.68. The molecule has 6 nitrogen and oxygen atoms in total. The fraction of sp³-hybridized carbons (Fsp3) is 0.0588. The van der Waals surface area contributed by atoms with E-state index < -0.39 is 24.3 Å². The van der Waals surface area contributed by atoms with E-state index in [2.05, 4.69) is 4.98 Å². The van der Waals surface area contributed by atoms with Crippen LogP contribution in [0.4, 0.5) is 0 Å². The summed E-state index contributed by atoms with van der Waals surface area (Å²) < 4.78 is 5.04. The highest BCUT2D eigenvalue weighted by atomic mass is 32.1. The second-order valence-corrected chi connectivity index (χ2v) is 6.03. The van der Waals surface area contributed by atoms with E-state index in [1.54, 1.807) is 29.6 Å². The van der Waals surface area contributed by atoms with Crippen LogP contribution in [-0.2, 0) is 4.79 Å². The summed E-state index contributed by atoms with van der Waals surface area (Å²) in [5.41, 5.74) is 0.814. The van der Waals surface area contributed by atoms with E-state index in [0.29, 0.717) is 16.5 Å². The maximum Gasteiger partial charge on any atom is 0.333 e. The third-order valence-electron chi connectivity index (χ3n) is 3.75. The Kier molecular flexibility index (Phi) is 3.35. The third kappa shape index (κ3) is 2.26. The van der Waals surface area contributed by atoms with Crippen LogP contribution in [-0.4, -0.2) is 34.2 Å². The van der Waals surface area contributed by atoms with Crippen molar-refractivity contribution in [3.8, 4) is 5.19 Å². The molecule has 0 spiro atoms. The van der Waals surface area contributed by atoms with E-state index in [0.717, 1.165) is 21.6 Å². The van der Waals surface area contributed by atoms with Crippen molar-refractivity contribution < 1.29 is 19.1 Å². The fourth-order valence-electron chi connectivity index (χ4n) is 2.74. The van der Waals surface area contributed by atoms with E-state index in [4.69, 9.17) is 4.74 Å². The van der Waals surface area contributed by atoms with Crippen molar-refractivity contribution in [3.63, 3.8) is 0 Å². The van der Waals surface area contributed by atoms with Crippen LogP contribution in [0.5, 0.6) is 5.19 Å². The largest absolute Gasteiger partial charge is 0.396 e. The lowest BCUT2D eigenvalue weighted by Gasteiger charge is -2.26. The molecule has 1 aliphatic heterocycles. The first-order valence-corrected chi connectivity index (χ1v) is 8.01. The number of benzene rings is 2. The molecule has 2 aromatic carbocycles. The molecular weight excluding hydrogens is 328 g/mol. The van der Waals surface area contributed by atoms with Crippen LogP contribution in [0, 0.1) is 0 Å². The van der Waals surface area contributed by atoms with Gasteiger partial charge in [0.15, 0.2) is 0 Å². The summed E-state index contributed by atoms with van der Waals surface area (Å²) in [4.78, 5) is 42.0. The molecule has 0 unspecified atom stereocenters. The van der Waals surface area contributed by atoms with E-state index >= 15 is 0 Å². The summed E-state index contributed by atoms with van der Waals surface area (Å²) in [5.74, 6) is -1.71. The van der Waals surface area contributed by atoms with E-state index in [-0.39, 0.29) is 5.19 Å². The number of carbonyl (C=O) groups is 3. The molecule has 1 aliphatic rings. The Bertz CT molecular complexity index is 931. The number of thiazole rings is 1. The van der Waals surface area contributed by atoms with Gasteiger partial charge in [-0.05, 0) is 17.5 Å². The number of imide groups is 1. The number of amides is 2. The zero-order valence-electron chi connectivity index (χ0n) is 12.3.